The van der Waals surface area contributed by atoms with Gasteiger partial charge in [0.05, 0.1) is 0 Å². The molecule has 0 aromatic heterocycles. The van der Waals surface area contributed by atoms with Crippen LogP contribution in [0.15, 0.2) is 115 Å². The third kappa shape index (κ3) is 3.42. The molecule has 0 N–H and O–H groups in total. The molecular formula is C28H21BO. The van der Waals surface area contributed by atoms with Crippen molar-refractivity contribution in [2.24, 2.45) is 0 Å². The minimum atomic E-state index is 0.0256. The fraction of sp³-hybridized carbons (Fsp3) is 0.0357. The normalized spacial score (nSPS) is 10.9. The van der Waals surface area contributed by atoms with Crippen LogP contribution in [0, 0.1) is 0 Å². The first kappa shape index (κ1) is 18.4. The van der Waals surface area contributed by atoms with Gasteiger partial charge < -0.3 is 0 Å². The van der Waals surface area contributed by atoms with Gasteiger partial charge in [0.25, 0.3) is 0 Å². The Bertz CT molecular complexity index is 1230. The van der Waals surface area contributed by atoms with E-state index in [0.717, 1.165) is 27.1 Å². The van der Waals surface area contributed by atoms with Crippen molar-refractivity contribution in [1.82, 2.24) is 0 Å². The van der Waals surface area contributed by atoms with Crippen LogP contribution in [-0.4, -0.2) is 12.5 Å². The highest BCUT2D eigenvalue weighted by Gasteiger charge is 2.25. The number of fused-ring (bicyclic) bond motifs is 2. The van der Waals surface area contributed by atoms with Crippen LogP contribution < -0.4 is 10.9 Å². The van der Waals surface area contributed by atoms with E-state index < -0.39 is 0 Å². The van der Waals surface area contributed by atoms with E-state index in [1.165, 1.54) is 10.9 Å². The minimum absolute atomic E-state index is 0.0256. The number of hydrogen-bond donors (Lipinski definition) is 0. The summed E-state index contributed by atoms with van der Waals surface area (Å²) < 4.78 is 0. The van der Waals surface area contributed by atoms with Crippen LogP contribution in [0.25, 0.3) is 21.5 Å². The molecule has 30 heavy (non-hydrogen) atoms. The van der Waals surface area contributed by atoms with E-state index in [-0.39, 0.29) is 12.5 Å². The van der Waals surface area contributed by atoms with Crippen molar-refractivity contribution >= 4 is 45.0 Å². The SMILES string of the molecule is O=C(CB(c1ccccc1)c1ccccc1)c1c2ccccc2cc2ccccc12. The third-order valence-corrected chi connectivity index (χ3v) is 5.84. The molecule has 0 heterocycles. The summed E-state index contributed by atoms with van der Waals surface area (Å²) in [7, 11) is 0. The van der Waals surface area contributed by atoms with E-state index >= 15 is 0 Å². The van der Waals surface area contributed by atoms with Gasteiger partial charge in [-0.2, -0.15) is 0 Å². The molecule has 0 aliphatic heterocycles. The van der Waals surface area contributed by atoms with Gasteiger partial charge in [-0.25, -0.2) is 0 Å². The first-order valence-corrected chi connectivity index (χ1v) is 10.3. The number of benzene rings is 5. The average Bonchev–Trinajstić information content (AvgIpc) is 2.82. The lowest BCUT2D eigenvalue weighted by Crippen LogP contribution is -2.43. The van der Waals surface area contributed by atoms with Gasteiger partial charge in [-0.3, -0.25) is 4.79 Å². The number of hydrogen-bond acceptors (Lipinski definition) is 1. The van der Waals surface area contributed by atoms with Crippen molar-refractivity contribution in [3.8, 4) is 0 Å². The van der Waals surface area contributed by atoms with E-state index in [1.807, 2.05) is 60.7 Å². The summed E-state index contributed by atoms with van der Waals surface area (Å²) in [6, 6.07) is 39.3. The van der Waals surface area contributed by atoms with Crippen LogP contribution in [-0.2, 0) is 0 Å². The molecule has 5 aromatic carbocycles. The zero-order valence-corrected chi connectivity index (χ0v) is 16.7. The minimum Gasteiger partial charge on any atom is -0.295 e. The molecule has 0 spiro atoms. The maximum Gasteiger partial charge on any atom is 0.216 e. The predicted octanol–water partition coefficient (Wildman–Crippen LogP) is 5.48. The van der Waals surface area contributed by atoms with Crippen molar-refractivity contribution in [3.05, 3.63) is 121 Å². The van der Waals surface area contributed by atoms with Crippen molar-refractivity contribution in [2.45, 2.75) is 6.32 Å². The first-order valence-electron chi connectivity index (χ1n) is 10.3. The summed E-state index contributed by atoms with van der Waals surface area (Å²) in [6.45, 7) is 0.0256. The van der Waals surface area contributed by atoms with Gasteiger partial charge in [0.2, 0.25) is 6.71 Å². The van der Waals surface area contributed by atoms with Gasteiger partial charge in [-0.15, -0.1) is 0 Å². The highest BCUT2D eigenvalue weighted by atomic mass is 16.1. The predicted molar refractivity (Wildman–Crippen MR) is 128 cm³/mol. The molecule has 0 aliphatic carbocycles. The average molecular weight is 384 g/mol. The Labute approximate surface area is 177 Å². The smallest absolute Gasteiger partial charge is 0.216 e. The molecule has 0 unspecified atom stereocenters. The number of ketones is 1. The molecule has 0 bridgehead atoms. The largest absolute Gasteiger partial charge is 0.295 e. The maximum absolute atomic E-state index is 13.8. The molecule has 0 radical (unpaired) electrons. The van der Waals surface area contributed by atoms with E-state index in [0.29, 0.717) is 6.32 Å². The Morgan fingerprint density at radius 2 is 1.00 bits per heavy atom. The lowest BCUT2D eigenvalue weighted by atomic mass is 9.38. The van der Waals surface area contributed by atoms with Gasteiger partial charge in [0.15, 0.2) is 5.78 Å². The molecule has 0 saturated carbocycles. The Morgan fingerprint density at radius 1 is 0.567 bits per heavy atom. The molecule has 0 aliphatic rings. The van der Waals surface area contributed by atoms with Gasteiger partial charge in [-0.1, -0.05) is 120 Å². The van der Waals surface area contributed by atoms with Crippen molar-refractivity contribution in [1.29, 1.82) is 0 Å². The molecule has 5 aromatic rings. The summed E-state index contributed by atoms with van der Waals surface area (Å²) in [5, 5.41) is 4.27. The van der Waals surface area contributed by atoms with E-state index in [9.17, 15) is 4.79 Å². The molecular weight excluding hydrogens is 363 g/mol. The van der Waals surface area contributed by atoms with Crippen LogP contribution in [0.1, 0.15) is 10.4 Å². The van der Waals surface area contributed by atoms with Crippen molar-refractivity contribution in [2.75, 3.05) is 0 Å². The molecule has 5 rings (SSSR count). The maximum atomic E-state index is 13.8. The Hall–Kier alpha value is -3.65. The van der Waals surface area contributed by atoms with Gasteiger partial charge in [-0.05, 0) is 33.9 Å². The molecule has 142 valence electrons. The van der Waals surface area contributed by atoms with Gasteiger partial charge >= 0.3 is 0 Å². The molecule has 0 fully saturated rings. The topological polar surface area (TPSA) is 17.1 Å². The van der Waals surface area contributed by atoms with Crippen LogP contribution in [0.4, 0.5) is 0 Å². The van der Waals surface area contributed by atoms with E-state index in [4.69, 9.17) is 0 Å². The standard InChI is InChI=1S/C28H21BO/c30-27(20-29(23-13-3-1-4-14-23)24-15-5-2-6-16-24)28-25-17-9-7-11-21(25)19-22-12-8-10-18-26(22)28/h1-19H,20H2. The fourth-order valence-corrected chi connectivity index (χ4v) is 4.40. The summed E-state index contributed by atoms with van der Waals surface area (Å²) in [6.07, 6.45) is 0.437. The van der Waals surface area contributed by atoms with Crippen molar-refractivity contribution in [3.63, 3.8) is 0 Å². The number of carbonyl (C=O) groups excluding carboxylic acids is 1. The lowest BCUT2D eigenvalue weighted by molar-refractivity contribution is 0.102. The fourth-order valence-electron chi connectivity index (χ4n) is 4.40. The van der Waals surface area contributed by atoms with Crippen LogP contribution in [0.3, 0.4) is 0 Å². The zero-order valence-electron chi connectivity index (χ0n) is 16.7. The first-order chi connectivity index (χ1) is 14.8. The van der Waals surface area contributed by atoms with E-state index in [2.05, 4.69) is 54.6 Å². The number of Topliss-reactive ketones (excluding diaryl/α,β-unsaturated/α-hetero) is 1. The molecule has 1 nitrogen and oxygen atoms in total. The second-order valence-electron chi connectivity index (χ2n) is 7.70. The Morgan fingerprint density at radius 3 is 1.50 bits per heavy atom. The summed E-state index contributed by atoms with van der Waals surface area (Å²) in [5.41, 5.74) is 3.17. The zero-order chi connectivity index (χ0) is 20.3. The summed E-state index contributed by atoms with van der Waals surface area (Å²) in [4.78, 5) is 13.8. The van der Waals surface area contributed by atoms with Crippen molar-refractivity contribution < 1.29 is 4.79 Å². The van der Waals surface area contributed by atoms with E-state index in [1.54, 1.807) is 0 Å². The van der Waals surface area contributed by atoms with Crippen LogP contribution in [0.2, 0.25) is 6.32 Å². The summed E-state index contributed by atoms with van der Waals surface area (Å²) in [5.74, 6) is 0.181. The lowest BCUT2D eigenvalue weighted by Gasteiger charge is -2.16. The second-order valence-corrected chi connectivity index (χ2v) is 7.70. The Balaban J connectivity index is 1.65. The molecule has 2 heteroatoms. The molecule has 0 amide bonds. The molecule has 0 saturated heterocycles. The van der Waals surface area contributed by atoms with Gasteiger partial charge in [0.1, 0.15) is 0 Å². The number of carbonyl (C=O) groups is 1. The summed E-state index contributed by atoms with van der Waals surface area (Å²) >= 11 is 0. The monoisotopic (exact) mass is 384 g/mol. The highest BCUT2D eigenvalue weighted by Crippen LogP contribution is 2.29. The number of rotatable bonds is 5. The van der Waals surface area contributed by atoms with Crippen LogP contribution >= 0.6 is 0 Å². The Kier molecular flexibility index (Phi) is 4.90. The highest BCUT2D eigenvalue weighted by molar-refractivity contribution is 6.87. The van der Waals surface area contributed by atoms with Crippen LogP contribution in [0.5, 0.6) is 0 Å². The quantitative estimate of drug-likeness (QED) is 0.223. The van der Waals surface area contributed by atoms with Gasteiger partial charge in [0, 0.05) is 5.56 Å². The molecule has 0 atom stereocenters. The third-order valence-electron chi connectivity index (χ3n) is 5.84. The second kappa shape index (κ2) is 8.00.